The number of phenolic OH excluding ortho intramolecular Hbond substituents is 1. The minimum atomic E-state index is -0.458. The van der Waals surface area contributed by atoms with Crippen LogP contribution in [0.1, 0.15) is 30.1 Å². The molecule has 0 aliphatic heterocycles. The maximum Gasteiger partial charge on any atom is 0.269 e. The van der Waals surface area contributed by atoms with Crippen molar-refractivity contribution < 1.29 is 14.7 Å². The molecule has 5 heteroatoms. The number of aromatic hydroxyl groups is 1. The average molecular weight is 222 g/mol. The standard InChI is InChI=1S/C11H14N2O3/c1-2-4-10(15)12-13-11(16)8-5-3-6-9(14)7-8/h3,5-7,14H,2,4H2,1H3,(H,12,15)(H,13,16). The molecule has 0 fully saturated rings. The van der Waals surface area contributed by atoms with E-state index in [2.05, 4.69) is 10.9 Å². The molecule has 0 heterocycles. The monoisotopic (exact) mass is 222 g/mol. The highest BCUT2D eigenvalue weighted by molar-refractivity contribution is 5.95. The van der Waals surface area contributed by atoms with Gasteiger partial charge >= 0.3 is 0 Å². The number of carbonyl (C=O) groups excluding carboxylic acids is 2. The molecule has 0 unspecified atom stereocenters. The van der Waals surface area contributed by atoms with Gasteiger partial charge in [-0.05, 0) is 24.6 Å². The van der Waals surface area contributed by atoms with E-state index >= 15 is 0 Å². The molecule has 2 amide bonds. The molecule has 0 atom stereocenters. The zero-order chi connectivity index (χ0) is 12.0. The maximum atomic E-state index is 11.5. The van der Waals surface area contributed by atoms with Crippen molar-refractivity contribution in [2.75, 3.05) is 0 Å². The Morgan fingerprint density at radius 1 is 1.31 bits per heavy atom. The van der Waals surface area contributed by atoms with Crippen LogP contribution in [0.5, 0.6) is 5.75 Å². The van der Waals surface area contributed by atoms with Gasteiger partial charge in [-0.25, -0.2) is 0 Å². The lowest BCUT2D eigenvalue weighted by Gasteiger charge is -2.06. The van der Waals surface area contributed by atoms with E-state index < -0.39 is 5.91 Å². The van der Waals surface area contributed by atoms with Crippen molar-refractivity contribution in [3.05, 3.63) is 29.8 Å². The van der Waals surface area contributed by atoms with Crippen LogP contribution in [0.25, 0.3) is 0 Å². The second-order valence-electron chi connectivity index (χ2n) is 3.30. The van der Waals surface area contributed by atoms with Crippen LogP contribution in [-0.4, -0.2) is 16.9 Å². The van der Waals surface area contributed by atoms with Gasteiger partial charge in [-0.1, -0.05) is 13.0 Å². The highest BCUT2D eigenvalue weighted by Gasteiger charge is 2.06. The largest absolute Gasteiger partial charge is 0.508 e. The molecule has 3 N–H and O–H groups in total. The fourth-order valence-corrected chi connectivity index (χ4v) is 1.14. The lowest BCUT2D eigenvalue weighted by Crippen LogP contribution is -2.41. The molecule has 0 saturated heterocycles. The van der Waals surface area contributed by atoms with Crippen LogP contribution in [0.2, 0.25) is 0 Å². The minimum absolute atomic E-state index is 0.00698. The summed E-state index contributed by atoms with van der Waals surface area (Å²) in [7, 11) is 0. The fraction of sp³-hybridized carbons (Fsp3) is 0.273. The zero-order valence-corrected chi connectivity index (χ0v) is 8.99. The number of phenols is 1. The predicted octanol–water partition coefficient (Wildman–Crippen LogP) is 0.953. The van der Waals surface area contributed by atoms with Crippen molar-refractivity contribution in [3.8, 4) is 5.75 Å². The molecular formula is C11H14N2O3. The third-order valence-corrected chi connectivity index (χ3v) is 1.90. The molecule has 16 heavy (non-hydrogen) atoms. The Morgan fingerprint density at radius 2 is 2.06 bits per heavy atom. The Bertz CT molecular complexity index is 391. The van der Waals surface area contributed by atoms with E-state index in [9.17, 15) is 9.59 Å². The Morgan fingerprint density at radius 3 is 2.69 bits per heavy atom. The highest BCUT2D eigenvalue weighted by atomic mass is 16.3. The molecule has 86 valence electrons. The molecule has 0 radical (unpaired) electrons. The Labute approximate surface area is 93.4 Å². The van der Waals surface area contributed by atoms with Gasteiger partial charge in [0, 0.05) is 12.0 Å². The van der Waals surface area contributed by atoms with Crippen LogP contribution in [0.4, 0.5) is 0 Å². The molecule has 5 nitrogen and oxygen atoms in total. The molecule has 1 rings (SSSR count). The quantitative estimate of drug-likeness (QED) is 0.666. The van der Waals surface area contributed by atoms with E-state index in [1.165, 1.54) is 12.1 Å². The summed E-state index contributed by atoms with van der Waals surface area (Å²) in [6.45, 7) is 1.87. The van der Waals surface area contributed by atoms with E-state index in [0.29, 0.717) is 12.8 Å². The normalized spacial score (nSPS) is 9.56. The zero-order valence-electron chi connectivity index (χ0n) is 8.99. The van der Waals surface area contributed by atoms with Gasteiger partial charge < -0.3 is 5.11 Å². The highest BCUT2D eigenvalue weighted by Crippen LogP contribution is 2.10. The van der Waals surface area contributed by atoms with Gasteiger partial charge in [0.2, 0.25) is 5.91 Å². The molecule has 0 bridgehead atoms. The van der Waals surface area contributed by atoms with E-state index in [0.717, 1.165) is 0 Å². The van der Waals surface area contributed by atoms with Crippen molar-refractivity contribution in [1.82, 2.24) is 10.9 Å². The molecule has 0 aliphatic rings. The summed E-state index contributed by atoms with van der Waals surface area (Å²) in [4.78, 5) is 22.5. The molecule has 0 saturated carbocycles. The minimum Gasteiger partial charge on any atom is -0.508 e. The van der Waals surface area contributed by atoms with Gasteiger partial charge in [0.15, 0.2) is 0 Å². The summed E-state index contributed by atoms with van der Waals surface area (Å²) in [5.74, 6) is -0.691. The number of amides is 2. The van der Waals surface area contributed by atoms with E-state index in [1.54, 1.807) is 12.1 Å². The maximum absolute atomic E-state index is 11.5. The van der Waals surface area contributed by atoms with Gasteiger partial charge in [-0.3, -0.25) is 20.4 Å². The number of nitrogens with one attached hydrogen (secondary N) is 2. The van der Waals surface area contributed by atoms with Crippen molar-refractivity contribution in [2.45, 2.75) is 19.8 Å². The van der Waals surface area contributed by atoms with E-state index in [-0.39, 0.29) is 17.2 Å². The van der Waals surface area contributed by atoms with Crippen LogP contribution < -0.4 is 10.9 Å². The molecule has 1 aromatic rings. The Hall–Kier alpha value is -2.04. The third-order valence-electron chi connectivity index (χ3n) is 1.90. The van der Waals surface area contributed by atoms with Crippen LogP contribution in [0.3, 0.4) is 0 Å². The van der Waals surface area contributed by atoms with Gasteiger partial charge in [0.25, 0.3) is 5.91 Å². The first-order valence-electron chi connectivity index (χ1n) is 5.01. The van der Waals surface area contributed by atoms with Gasteiger partial charge in [-0.2, -0.15) is 0 Å². The SMILES string of the molecule is CCCC(=O)NNC(=O)c1cccc(O)c1. The lowest BCUT2D eigenvalue weighted by molar-refractivity contribution is -0.121. The first-order chi connectivity index (χ1) is 7.63. The van der Waals surface area contributed by atoms with Crippen molar-refractivity contribution in [2.24, 2.45) is 0 Å². The number of hydrazine groups is 1. The van der Waals surface area contributed by atoms with Crippen LogP contribution in [0, 0.1) is 0 Å². The molecule has 0 aromatic heterocycles. The van der Waals surface area contributed by atoms with Crippen molar-refractivity contribution in [1.29, 1.82) is 0 Å². The third kappa shape index (κ3) is 3.61. The summed E-state index contributed by atoms with van der Waals surface area (Å²) >= 11 is 0. The van der Waals surface area contributed by atoms with Crippen molar-refractivity contribution in [3.63, 3.8) is 0 Å². The molecule has 0 aliphatic carbocycles. The lowest BCUT2D eigenvalue weighted by atomic mass is 10.2. The summed E-state index contributed by atoms with van der Waals surface area (Å²) < 4.78 is 0. The number of carbonyl (C=O) groups is 2. The first-order valence-corrected chi connectivity index (χ1v) is 5.01. The van der Waals surface area contributed by atoms with Crippen molar-refractivity contribution >= 4 is 11.8 Å². The topological polar surface area (TPSA) is 78.4 Å². The van der Waals surface area contributed by atoms with E-state index in [4.69, 9.17) is 5.11 Å². The molecule has 0 spiro atoms. The predicted molar refractivity (Wildman–Crippen MR) is 58.6 cm³/mol. The number of rotatable bonds is 3. The number of benzene rings is 1. The summed E-state index contributed by atoms with van der Waals surface area (Å²) in [6, 6.07) is 5.88. The second kappa shape index (κ2) is 5.75. The Balaban J connectivity index is 2.50. The summed E-state index contributed by atoms with van der Waals surface area (Å²) in [5, 5.41) is 9.16. The van der Waals surface area contributed by atoms with Crippen LogP contribution >= 0.6 is 0 Å². The van der Waals surface area contributed by atoms with Gasteiger partial charge in [0.05, 0.1) is 0 Å². The average Bonchev–Trinajstić information content (AvgIpc) is 2.26. The van der Waals surface area contributed by atoms with Gasteiger partial charge in [-0.15, -0.1) is 0 Å². The summed E-state index contributed by atoms with van der Waals surface area (Å²) in [6.07, 6.45) is 1.08. The number of hydrogen-bond acceptors (Lipinski definition) is 3. The van der Waals surface area contributed by atoms with Crippen LogP contribution in [0.15, 0.2) is 24.3 Å². The van der Waals surface area contributed by atoms with Gasteiger partial charge in [0.1, 0.15) is 5.75 Å². The molecule has 1 aromatic carbocycles. The number of hydrogen-bond donors (Lipinski definition) is 3. The summed E-state index contributed by atoms with van der Waals surface area (Å²) in [5.41, 5.74) is 4.83. The fourth-order valence-electron chi connectivity index (χ4n) is 1.14. The second-order valence-corrected chi connectivity index (χ2v) is 3.30. The van der Waals surface area contributed by atoms with Crippen LogP contribution in [-0.2, 0) is 4.79 Å². The van der Waals surface area contributed by atoms with E-state index in [1.807, 2.05) is 6.92 Å². The Kier molecular flexibility index (Phi) is 4.32. The first kappa shape index (κ1) is 12.0. The smallest absolute Gasteiger partial charge is 0.269 e. The molecular weight excluding hydrogens is 208 g/mol.